The van der Waals surface area contributed by atoms with E-state index in [0.717, 1.165) is 16.9 Å². The van der Waals surface area contributed by atoms with Gasteiger partial charge in [-0.05, 0) is 55.0 Å². The van der Waals surface area contributed by atoms with E-state index in [9.17, 15) is 4.79 Å². The summed E-state index contributed by atoms with van der Waals surface area (Å²) >= 11 is 19.4. The number of para-hydroxylation sites is 1. The average Bonchev–Trinajstić information content (AvgIpc) is 3.27. The summed E-state index contributed by atoms with van der Waals surface area (Å²) in [7, 11) is 0. The summed E-state index contributed by atoms with van der Waals surface area (Å²) < 4.78 is 1.92. The number of rotatable bonds is 9. The van der Waals surface area contributed by atoms with Crippen molar-refractivity contribution < 1.29 is 4.79 Å². The molecular formula is C25H21Cl3N6OS. The number of amides is 1. The topological polar surface area (TPSA) is 84.2 Å². The lowest BCUT2D eigenvalue weighted by atomic mass is 10.2. The quantitative estimate of drug-likeness (QED) is 0.141. The third-order valence-electron chi connectivity index (χ3n) is 5.03. The zero-order valence-electron chi connectivity index (χ0n) is 19.1. The molecule has 4 aromatic rings. The molecule has 1 amide bonds. The van der Waals surface area contributed by atoms with Crippen molar-refractivity contribution in [3.8, 4) is 5.69 Å². The zero-order chi connectivity index (χ0) is 25.5. The number of nitrogens with zero attached hydrogens (tertiary/aromatic N) is 4. The van der Waals surface area contributed by atoms with Gasteiger partial charge in [-0.3, -0.25) is 9.36 Å². The van der Waals surface area contributed by atoms with Gasteiger partial charge < -0.3 is 5.32 Å². The van der Waals surface area contributed by atoms with E-state index in [-0.39, 0.29) is 11.7 Å². The number of hydrogen-bond donors (Lipinski definition) is 2. The van der Waals surface area contributed by atoms with Crippen molar-refractivity contribution >= 4 is 64.4 Å². The minimum Gasteiger partial charge on any atom is -0.378 e. The van der Waals surface area contributed by atoms with E-state index in [1.165, 1.54) is 18.0 Å². The molecule has 0 saturated carbocycles. The number of thioether (sulfide) groups is 1. The van der Waals surface area contributed by atoms with Crippen LogP contribution in [0.5, 0.6) is 0 Å². The smallest absolute Gasteiger partial charge is 0.250 e. The first-order valence-electron chi connectivity index (χ1n) is 10.8. The van der Waals surface area contributed by atoms with Gasteiger partial charge in [-0.15, -0.1) is 10.2 Å². The van der Waals surface area contributed by atoms with Gasteiger partial charge in [0.1, 0.15) is 0 Å². The summed E-state index contributed by atoms with van der Waals surface area (Å²) in [5.74, 6) is 0.509. The molecule has 1 aromatic heterocycles. The maximum absolute atomic E-state index is 12.4. The number of carbonyl (C=O) groups is 1. The lowest BCUT2D eigenvalue weighted by molar-refractivity contribution is -0.118. The van der Waals surface area contributed by atoms with Crippen molar-refractivity contribution in [2.45, 2.75) is 18.6 Å². The second-order valence-electron chi connectivity index (χ2n) is 7.63. The molecule has 36 heavy (non-hydrogen) atoms. The Morgan fingerprint density at radius 3 is 2.53 bits per heavy atom. The van der Waals surface area contributed by atoms with E-state index >= 15 is 0 Å². The van der Waals surface area contributed by atoms with Crippen LogP contribution in [0.15, 0.2) is 77.0 Å². The normalized spacial score (nSPS) is 11.1. The number of benzene rings is 3. The van der Waals surface area contributed by atoms with E-state index in [1.807, 2.05) is 60.0 Å². The van der Waals surface area contributed by atoms with Crippen molar-refractivity contribution in [3.05, 3.63) is 98.7 Å². The lowest BCUT2D eigenvalue weighted by Crippen LogP contribution is -2.20. The van der Waals surface area contributed by atoms with Crippen LogP contribution in [0.1, 0.15) is 17.0 Å². The third kappa shape index (κ3) is 6.79. The van der Waals surface area contributed by atoms with Crippen LogP contribution in [0.2, 0.25) is 15.1 Å². The van der Waals surface area contributed by atoms with Crippen molar-refractivity contribution in [3.63, 3.8) is 0 Å². The van der Waals surface area contributed by atoms with Crippen LogP contribution < -0.4 is 10.7 Å². The first kappa shape index (κ1) is 26.0. The predicted octanol–water partition coefficient (Wildman–Crippen LogP) is 6.39. The molecular weight excluding hydrogens is 539 g/mol. The van der Waals surface area contributed by atoms with Gasteiger partial charge >= 0.3 is 0 Å². The molecule has 0 radical (unpaired) electrons. The highest BCUT2D eigenvalue weighted by Crippen LogP contribution is 2.24. The number of halogens is 3. The van der Waals surface area contributed by atoms with Gasteiger partial charge in [-0.2, -0.15) is 5.10 Å². The summed E-state index contributed by atoms with van der Waals surface area (Å²) in [6.45, 7) is 2.42. The molecule has 0 spiro atoms. The van der Waals surface area contributed by atoms with Gasteiger partial charge in [0.2, 0.25) is 0 Å². The summed E-state index contributed by atoms with van der Waals surface area (Å²) in [5, 5.41) is 18.3. The van der Waals surface area contributed by atoms with Crippen LogP contribution in [-0.4, -0.2) is 32.6 Å². The minimum absolute atomic E-state index is 0.0976. The highest BCUT2D eigenvalue weighted by Gasteiger charge is 2.16. The van der Waals surface area contributed by atoms with Gasteiger partial charge in [0.05, 0.1) is 23.5 Å². The van der Waals surface area contributed by atoms with Crippen molar-refractivity contribution in [1.82, 2.24) is 20.2 Å². The lowest BCUT2D eigenvalue weighted by Gasteiger charge is -2.12. The van der Waals surface area contributed by atoms with Crippen molar-refractivity contribution in [2.75, 3.05) is 11.1 Å². The van der Waals surface area contributed by atoms with E-state index in [0.29, 0.717) is 38.2 Å². The molecule has 4 rings (SSSR count). The van der Waals surface area contributed by atoms with Gasteiger partial charge in [-0.1, -0.05) is 70.8 Å². The number of anilines is 1. The largest absolute Gasteiger partial charge is 0.378 e. The Balaban J connectivity index is 1.44. The molecule has 1 heterocycles. The van der Waals surface area contributed by atoms with E-state index in [2.05, 4.69) is 26.0 Å². The Morgan fingerprint density at radius 2 is 1.78 bits per heavy atom. The second kappa shape index (κ2) is 12.3. The number of hydrogen-bond acceptors (Lipinski definition) is 6. The van der Waals surface area contributed by atoms with Crippen LogP contribution in [0.4, 0.5) is 5.69 Å². The average molecular weight is 560 g/mol. The Bertz CT molecular complexity index is 1390. The molecule has 11 heteroatoms. The summed E-state index contributed by atoms with van der Waals surface area (Å²) in [6.07, 6.45) is 1.47. The van der Waals surface area contributed by atoms with Crippen molar-refractivity contribution in [2.24, 2.45) is 5.10 Å². The zero-order valence-corrected chi connectivity index (χ0v) is 22.2. The molecule has 3 aromatic carbocycles. The molecule has 0 saturated heterocycles. The van der Waals surface area contributed by atoms with E-state index in [1.54, 1.807) is 18.2 Å². The third-order valence-corrected chi connectivity index (χ3v) is 6.75. The van der Waals surface area contributed by atoms with Crippen LogP contribution in [0.25, 0.3) is 5.69 Å². The number of hydrazone groups is 1. The van der Waals surface area contributed by atoms with Gasteiger partial charge in [0, 0.05) is 27.0 Å². The minimum atomic E-state index is -0.291. The van der Waals surface area contributed by atoms with E-state index < -0.39 is 0 Å². The van der Waals surface area contributed by atoms with Crippen LogP contribution in [-0.2, 0) is 11.3 Å². The molecule has 0 atom stereocenters. The monoisotopic (exact) mass is 558 g/mol. The molecule has 0 aliphatic heterocycles. The molecule has 2 N–H and O–H groups in total. The van der Waals surface area contributed by atoms with Crippen LogP contribution >= 0.6 is 46.6 Å². The summed E-state index contributed by atoms with van der Waals surface area (Å²) in [4.78, 5) is 12.4. The van der Waals surface area contributed by atoms with Gasteiger partial charge in [-0.25, -0.2) is 5.43 Å². The van der Waals surface area contributed by atoms with Gasteiger partial charge in [0.15, 0.2) is 11.0 Å². The fraction of sp³-hybridized carbons (Fsp3) is 0.120. The molecule has 0 unspecified atom stereocenters. The van der Waals surface area contributed by atoms with E-state index in [4.69, 9.17) is 34.8 Å². The fourth-order valence-corrected chi connectivity index (χ4v) is 4.73. The first-order valence-corrected chi connectivity index (χ1v) is 12.9. The standard InChI is InChI=1S/C25H21Cl3N6OS/c1-16-11-18(26)9-10-22(16)29-14-23-31-33-25(34(23)20-5-3-2-4-6-20)36-15-24(35)32-30-13-17-7-8-19(27)12-21(17)28/h2-13,29H,14-15H2,1H3,(H,32,35)/b30-13-. The SMILES string of the molecule is Cc1cc(Cl)ccc1NCc1nnc(SCC(=O)N/N=C\c2ccc(Cl)cc2Cl)n1-c1ccccc1. The first-order chi connectivity index (χ1) is 17.4. The maximum atomic E-state index is 12.4. The Hall–Kier alpha value is -3.04. The Labute approximate surface area is 227 Å². The number of aryl methyl sites for hydroxylation is 1. The fourth-order valence-electron chi connectivity index (χ4n) is 3.29. The maximum Gasteiger partial charge on any atom is 0.250 e. The number of nitrogens with one attached hydrogen (secondary N) is 2. The van der Waals surface area contributed by atoms with Crippen molar-refractivity contribution in [1.29, 1.82) is 0 Å². The molecule has 7 nitrogen and oxygen atoms in total. The Morgan fingerprint density at radius 1 is 1.03 bits per heavy atom. The molecule has 0 bridgehead atoms. The van der Waals surface area contributed by atoms with Gasteiger partial charge in [0.25, 0.3) is 5.91 Å². The Kier molecular flexibility index (Phi) is 8.88. The molecule has 0 fully saturated rings. The highest BCUT2D eigenvalue weighted by molar-refractivity contribution is 7.99. The molecule has 0 aliphatic rings. The van der Waals surface area contributed by atoms with Crippen LogP contribution in [0.3, 0.4) is 0 Å². The highest BCUT2D eigenvalue weighted by atomic mass is 35.5. The predicted molar refractivity (Wildman–Crippen MR) is 148 cm³/mol. The summed E-state index contributed by atoms with van der Waals surface area (Å²) in [6, 6.07) is 20.4. The second-order valence-corrected chi connectivity index (χ2v) is 9.85. The van der Waals surface area contributed by atoms with Crippen LogP contribution in [0, 0.1) is 6.92 Å². The number of carbonyl (C=O) groups excluding carboxylic acids is 1. The summed E-state index contributed by atoms with van der Waals surface area (Å²) in [5.41, 5.74) is 6.02. The molecule has 184 valence electrons. The molecule has 0 aliphatic carbocycles. The number of aromatic nitrogens is 3.